The van der Waals surface area contributed by atoms with Gasteiger partial charge in [-0.25, -0.2) is 8.78 Å². The Hall–Kier alpha value is -2.99. The SMILES string of the molecule is CCOc1ccc(-c2ccc(COc3ccc(C(C)O)c(F)c3F)cc2)cc1F. The first-order valence-electron chi connectivity index (χ1n) is 9.21. The highest BCUT2D eigenvalue weighted by Gasteiger charge is 2.17. The fourth-order valence-electron chi connectivity index (χ4n) is 2.89. The molecule has 29 heavy (non-hydrogen) atoms. The highest BCUT2D eigenvalue weighted by molar-refractivity contribution is 5.64. The van der Waals surface area contributed by atoms with Crippen molar-refractivity contribution in [3.63, 3.8) is 0 Å². The molecule has 3 nitrogen and oxygen atoms in total. The summed E-state index contributed by atoms with van der Waals surface area (Å²) in [6.07, 6.45) is -1.11. The fourth-order valence-corrected chi connectivity index (χ4v) is 2.89. The van der Waals surface area contributed by atoms with Gasteiger partial charge in [0, 0.05) is 5.56 Å². The van der Waals surface area contributed by atoms with Gasteiger partial charge in [-0.1, -0.05) is 30.3 Å². The maximum absolute atomic E-state index is 14.1. The molecular weight excluding hydrogens is 381 g/mol. The van der Waals surface area contributed by atoms with Gasteiger partial charge in [-0.15, -0.1) is 0 Å². The van der Waals surface area contributed by atoms with Crippen molar-refractivity contribution in [2.45, 2.75) is 26.6 Å². The molecule has 6 heteroatoms. The number of benzene rings is 3. The van der Waals surface area contributed by atoms with Crippen LogP contribution in [-0.2, 0) is 6.61 Å². The largest absolute Gasteiger partial charge is 0.491 e. The quantitative estimate of drug-likeness (QED) is 0.543. The molecule has 3 aromatic rings. The lowest BCUT2D eigenvalue weighted by atomic mass is 10.0. The Morgan fingerprint density at radius 3 is 2.10 bits per heavy atom. The van der Waals surface area contributed by atoms with Gasteiger partial charge in [0.1, 0.15) is 6.61 Å². The number of hydrogen-bond acceptors (Lipinski definition) is 3. The van der Waals surface area contributed by atoms with Crippen LogP contribution in [0, 0.1) is 17.5 Å². The minimum atomic E-state index is -1.13. The summed E-state index contributed by atoms with van der Waals surface area (Å²) in [6, 6.07) is 14.4. The van der Waals surface area contributed by atoms with Gasteiger partial charge < -0.3 is 14.6 Å². The Balaban J connectivity index is 1.70. The third kappa shape index (κ3) is 4.71. The van der Waals surface area contributed by atoms with E-state index >= 15 is 0 Å². The number of ether oxygens (including phenoxy) is 2. The van der Waals surface area contributed by atoms with Crippen molar-refractivity contribution in [3.05, 3.63) is 83.2 Å². The molecule has 0 aromatic heterocycles. The van der Waals surface area contributed by atoms with Crippen molar-refractivity contribution >= 4 is 0 Å². The van der Waals surface area contributed by atoms with Crippen LogP contribution in [0.3, 0.4) is 0 Å². The number of hydrogen-bond donors (Lipinski definition) is 1. The van der Waals surface area contributed by atoms with E-state index in [4.69, 9.17) is 9.47 Å². The monoisotopic (exact) mass is 402 g/mol. The Kier molecular flexibility index (Phi) is 6.44. The van der Waals surface area contributed by atoms with Crippen molar-refractivity contribution in [1.29, 1.82) is 0 Å². The number of aliphatic hydroxyl groups is 1. The molecule has 0 aliphatic rings. The Bertz CT molecular complexity index is 985. The molecule has 0 saturated carbocycles. The molecule has 0 radical (unpaired) electrons. The summed E-state index contributed by atoms with van der Waals surface area (Å²) < 4.78 is 52.6. The van der Waals surface area contributed by atoms with Crippen LogP contribution >= 0.6 is 0 Å². The van der Waals surface area contributed by atoms with Crippen LogP contribution in [0.4, 0.5) is 13.2 Å². The standard InChI is InChI=1S/C23H21F3O3/c1-3-28-20-10-8-17(12-19(20)24)16-6-4-15(5-7-16)13-29-21-11-9-18(14(2)27)22(25)23(21)26/h4-12,14,27H,3,13H2,1-2H3. The lowest BCUT2D eigenvalue weighted by Gasteiger charge is -2.12. The summed E-state index contributed by atoms with van der Waals surface area (Å²) in [4.78, 5) is 0. The Morgan fingerprint density at radius 1 is 0.828 bits per heavy atom. The number of rotatable bonds is 7. The van der Waals surface area contributed by atoms with Crippen molar-refractivity contribution in [2.24, 2.45) is 0 Å². The van der Waals surface area contributed by atoms with Gasteiger partial charge >= 0.3 is 0 Å². The molecule has 1 unspecified atom stereocenters. The van der Waals surface area contributed by atoms with Gasteiger partial charge in [-0.05, 0) is 54.8 Å². The van der Waals surface area contributed by atoms with Crippen LogP contribution in [0.2, 0.25) is 0 Å². The Labute approximate surface area is 167 Å². The molecule has 0 spiro atoms. The van der Waals surface area contributed by atoms with Gasteiger partial charge in [-0.3, -0.25) is 0 Å². The molecule has 0 saturated heterocycles. The average Bonchev–Trinajstić information content (AvgIpc) is 2.71. The summed E-state index contributed by atoms with van der Waals surface area (Å²) in [5.74, 6) is -2.72. The van der Waals surface area contributed by atoms with Crippen molar-refractivity contribution in [1.82, 2.24) is 0 Å². The van der Waals surface area contributed by atoms with Crippen LogP contribution in [0.15, 0.2) is 54.6 Å². The van der Waals surface area contributed by atoms with Crippen LogP contribution in [-0.4, -0.2) is 11.7 Å². The topological polar surface area (TPSA) is 38.7 Å². The van der Waals surface area contributed by atoms with E-state index in [1.54, 1.807) is 43.3 Å². The molecule has 3 rings (SSSR count). The second kappa shape index (κ2) is 9.01. The zero-order valence-corrected chi connectivity index (χ0v) is 16.1. The van der Waals surface area contributed by atoms with Gasteiger partial charge in [-0.2, -0.15) is 4.39 Å². The lowest BCUT2D eigenvalue weighted by molar-refractivity contribution is 0.191. The number of aliphatic hydroxyl groups excluding tert-OH is 1. The molecule has 0 heterocycles. The molecular formula is C23H21F3O3. The maximum Gasteiger partial charge on any atom is 0.201 e. The summed E-state index contributed by atoms with van der Waals surface area (Å²) in [6.45, 7) is 3.56. The van der Waals surface area contributed by atoms with E-state index in [1.807, 2.05) is 0 Å². The van der Waals surface area contributed by atoms with Crippen LogP contribution in [0.25, 0.3) is 11.1 Å². The predicted octanol–water partition coefficient (Wildman–Crippen LogP) is 5.80. The summed E-state index contributed by atoms with van der Waals surface area (Å²) >= 11 is 0. The van der Waals surface area contributed by atoms with Crippen LogP contribution in [0.1, 0.15) is 31.1 Å². The molecule has 3 aromatic carbocycles. The normalized spacial score (nSPS) is 11.9. The van der Waals surface area contributed by atoms with E-state index in [0.29, 0.717) is 12.2 Å². The molecule has 0 aliphatic heterocycles. The lowest BCUT2D eigenvalue weighted by Crippen LogP contribution is -2.03. The third-order valence-electron chi connectivity index (χ3n) is 4.44. The molecule has 0 fully saturated rings. The smallest absolute Gasteiger partial charge is 0.201 e. The molecule has 0 amide bonds. The zero-order chi connectivity index (χ0) is 21.0. The summed E-state index contributed by atoms with van der Waals surface area (Å²) in [5.41, 5.74) is 2.11. The van der Waals surface area contributed by atoms with Crippen molar-refractivity contribution in [3.8, 4) is 22.6 Å². The fraction of sp³-hybridized carbons (Fsp3) is 0.217. The van der Waals surface area contributed by atoms with Gasteiger partial charge in [0.25, 0.3) is 0 Å². The highest BCUT2D eigenvalue weighted by Crippen LogP contribution is 2.28. The van der Waals surface area contributed by atoms with Crippen molar-refractivity contribution in [2.75, 3.05) is 6.61 Å². The molecule has 0 aliphatic carbocycles. The van der Waals surface area contributed by atoms with Gasteiger partial charge in [0.05, 0.1) is 12.7 Å². The predicted molar refractivity (Wildman–Crippen MR) is 104 cm³/mol. The molecule has 1 atom stereocenters. The maximum atomic E-state index is 14.1. The first-order valence-corrected chi connectivity index (χ1v) is 9.21. The van der Waals surface area contributed by atoms with Gasteiger partial charge in [0.15, 0.2) is 23.1 Å². The minimum absolute atomic E-state index is 0.0301. The molecule has 1 N–H and O–H groups in total. The number of halogens is 3. The zero-order valence-electron chi connectivity index (χ0n) is 16.1. The van der Waals surface area contributed by atoms with E-state index in [2.05, 4.69) is 0 Å². The first-order chi connectivity index (χ1) is 13.9. The second-order valence-electron chi connectivity index (χ2n) is 6.52. The average molecular weight is 402 g/mol. The van der Waals surface area contributed by atoms with Crippen molar-refractivity contribution < 1.29 is 27.8 Å². The third-order valence-corrected chi connectivity index (χ3v) is 4.44. The second-order valence-corrected chi connectivity index (χ2v) is 6.52. The van der Waals surface area contributed by atoms with E-state index in [-0.39, 0.29) is 23.7 Å². The summed E-state index contributed by atoms with van der Waals surface area (Å²) in [7, 11) is 0. The van der Waals surface area contributed by atoms with E-state index in [9.17, 15) is 18.3 Å². The Morgan fingerprint density at radius 2 is 1.48 bits per heavy atom. The van der Waals surface area contributed by atoms with Crippen LogP contribution in [0.5, 0.6) is 11.5 Å². The van der Waals surface area contributed by atoms with Gasteiger partial charge in [0.2, 0.25) is 5.82 Å². The first kappa shape index (κ1) is 20.7. The molecule has 0 bridgehead atoms. The highest BCUT2D eigenvalue weighted by atomic mass is 19.2. The molecule has 152 valence electrons. The van der Waals surface area contributed by atoms with E-state index < -0.39 is 23.6 Å². The van der Waals surface area contributed by atoms with Crippen LogP contribution < -0.4 is 9.47 Å². The van der Waals surface area contributed by atoms with E-state index in [0.717, 1.165) is 11.1 Å². The minimum Gasteiger partial charge on any atom is -0.491 e. The summed E-state index contributed by atoms with van der Waals surface area (Å²) in [5, 5.41) is 9.43. The van der Waals surface area contributed by atoms with E-state index in [1.165, 1.54) is 25.1 Å².